The second-order valence-corrected chi connectivity index (χ2v) is 8.07. The number of hydrogen-bond acceptors (Lipinski definition) is 3. The Bertz CT molecular complexity index is 1360. The van der Waals surface area contributed by atoms with Crippen LogP contribution < -0.4 is 10.6 Å². The summed E-state index contributed by atoms with van der Waals surface area (Å²) in [4.78, 5) is 20.1. The van der Waals surface area contributed by atoms with Crippen LogP contribution in [-0.2, 0) is 0 Å². The first-order valence-electron chi connectivity index (χ1n) is 10.5. The van der Waals surface area contributed by atoms with Crippen LogP contribution in [-0.4, -0.2) is 40.6 Å². The van der Waals surface area contributed by atoms with Gasteiger partial charge in [-0.3, -0.25) is 4.57 Å². The fourth-order valence-electron chi connectivity index (χ4n) is 4.63. The molecule has 0 amide bonds. The number of aromatic amines is 1. The molecule has 2 aliphatic carbocycles. The molecule has 3 aromatic rings. The molecule has 0 unspecified atom stereocenters. The van der Waals surface area contributed by atoms with E-state index in [9.17, 15) is 9.18 Å². The van der Waals surface area contributed by atoms with Gasteiger partial charge in [0.15, 0.2) is 0 Å². The second-order valence-electron chi connectivity index (χ2n) is 8.07. The van der Waals surface area contributed by atoms with Crippen molar-refractivity contribution in [1.82, 2.24) is 14.5 Å². The third-order valence-electron chi connectivity index (χ3n) is 6.23. The number of rotatable bonds is 3. The van der Waals surface area contributed by atoms with Crippen molar-refractivity contribution >= 4 is 22.4 Å². The summed E-state index contributed by atoms with van der Waals surface area (Å²) in [7, 11) is 0. The van der Waals surface area contributed by atoms with Gasteiger partial charge in [-0.15, -0.1) is 0 Å². The van der Waals surface area contributed by atoms with Crippen molar-refractivity contribution in [3.05, 3.63) is 106 Å². The van der Waals surface area contributed by atoms with Crippen LogP contribution in [0.15, 0.2) is 94.5 Å². The van der Waals surface area contributed by atoms with Gasteiger partial charge < -0.3 is 14.8 Å². The lowest BCUT2D eigenvalue weighted by molar-refractivity contribution is 0.331. The summed E-state index contributed by atoms with van der Waals surface area (Å²) in [5.41, 5.74) is 7.06. The number of benzene rings is 2. The number of para-hydroxylation sites is 2. The van der Waals surface area contributed by atoms with Crippen molar-refractivity contribution in [2.75, 3.05) is 31.1 Å². The summed E-state index contributed by atoms with van der Waals surface area (Å²) < 4.78 is 14.9. The minimum Gasteiger partial charge on any atom is -0.368 e. The van der Waals surface area contributed by atoms with Crippen LogP contribution in [0.2, 0.25) is 0 Å². The Morgan fingerprint density at radius 2 is 1.39 bits per heavy atom. The first kappa shape index (κ1) is 18.0. The molecule has 0 bridgehead atoms. The molecule has 0 spiro atoms. The van der Waals surface area contributed by atoms with Gasteiger partial charge in [0.2, 0.25) is 0 Å². The van der Waals surface area contributed by atoms with Gasteiger partial charge >= 0.3 is 5.69 Å². The Balaban J connectivity index is 1.19. The lowest BCUT2D eigenvalue weighted by atomic mass is 10.2. The molecule has 1 aromatic heterocycles. The maximum Gasteiger partial charge on any atom is 0.331 e. The van der Waals surface area contributed by atoms with Crippen LogP contribution in [0.1, 0.15) is 0 Å². The van der Waals surface area contributed by atoms with E-state index in [4.69, 9.17) is 0 Å². The highest BCUT2D eigenvalue weighted by Gasteiger charge is 2.25. The molecule has 31 heavy (non-hydrogen) atoms. The number of piperazine rings is 1. The van der Waals surface area contributed by atoms with Gasteiger partial charge in [0, 0.05) is 37.6 Å². The fraction of sp³-hybridized carbons (Fsp3) is 0.160. The van der Waals surface area contributed by atoms with E-state index < -0.39 is 0 Å². The van der Waals surface area contributed by atoms with E-state index in [1.54, 1.807) is 4.57 Å². The van der Waals surface area contributed by atoms with Crippen LogP contribution in [0, 0.1) is 5.82 Å². The molecule has 6 rings (SSSR count). The number of fused-ring (bicyclic) bond motifs is 2. The van der Waals surface area contributed by atoms with E-state index in [0.717, 1.165) is 59.7 Å². The van der Waals surface area contributed by atoms with Gasteiger partial charge in [0.25, 0.3) is 0 Å². The number of H-pyrrole nitrogens is 1. The number of nitrogens with one attached hydrogen (secondary N) is 1. The van der Waals surface area contributed by atoms with E-state index in [0.29, 0.717) is 0 Å². The SMILES string of the molecule is O=c1[nH]c2ccccc2n1C1=CC2=CC(N3CCN(c4ccc(F)cc4)CC3)=CC2=C1. The molecular formula is C25H21FN4O. The largest absolute Gasteiger partial charge is 0.368 e. The molecule has 3 aliphatic rings. The average molecular weight is 412 g/mol. The Morgan fingerprint density at radius 3 is 2.16 bits per heavy atom. The molecule has 1 aliphatic heterocycles. The normalized spacial score (nSPS) is 18.1. The van der Waals surface area contributed by atoms with Gasteiger partial charge in [-0.05, 0) is 71.8 Å². The van der Waals surface area contributed by atoms with E-state index >= 15 is 0 Å². The smallest absolute Gasteiger partial charge is 0.331 e. The Morgan fingerprint density at radius 1 is 0.742 bits per heavy atom. The molecule has 1 fully saturated rings. The number of halogens is 1. The minimum atomic E-state index is -0.202. The highest BCUT2D eigenvalue weighted by Crippen LogP contribution is 2.35. The monoisotopic (exact) mass is 412 g/mol. The Kier molecular flexibility index (Phi) is 3.99. The van der Waals surface area contributed by atoms with Gasteiger partial charge in [-0.25, -0.2) is 9.18 Å². The van der Waals surface area contributed by atoms with E-state index in [-0.39, 0.29) is 11.5 Å². The first-order valence-corrected chi connectivity index (χ1v) is 10.5. The molecule has 1 N–H and O–H groups in total. The van der Waals surface area contributed by atoms with Crippen molar-refractivity contribution < 1.29 is 4.39 Å². The highest BCUT2D eigenvalue weighted by molar-refractivity contribution is 5.85. The molecule has 2 heterocycles. The Hall–Kier alpha value is -3.80. The number of allylic oxidation sites excluding steroid dienone is 7. The zero-order valence-corrected chi connectivity index (χ0v) is 16.9. The van der Waals surface area contributed by atoms with Crippen LogP contribution in [0.4, 0.5) is 10.1 Å². The molecule has 5 nitrogen and oxygen atoms in total. The standard InChI is InChI=1S/C25H21FN4O/c26-19-5-7-20(8-6-19)28-9-11-29(12-10-28)21-13-17-15-22(16-18(17)14-21)30-24-4-2-1-3-23(24)27-25(30)31/h1-8,13-16H,9-12H2,(H,27,31). The third kappa shape index (κ3) is 3.03. The number of imidazole rings is 1. The fourth-order valence-corrected chi connectivity index (χ4v) is 4.63. The number of anilines is 1. The minimum absolute atomic E-state index is 0.119. The lowest BCUT2D eigenvalue weighted by Crippen LogP contribution is -2.45. The molecular weight excluding hydrogens is 391 g/mol. The molecule has 0 saturated carbocycles. The van der Waals surface area contributed by atoms with E-state index in [2.05, 4.69) is 39.1 Å². The number of aromatic nitrogens is 2. The predicted octanol–water partition coefficient (Wildman–Crippen LogP) is 3.90. The summed E-state index contributed by atoms with van der Waals surface area (Å²) in [6.45, 7) is 3.63. The summed E-state index contributed by atoms with van der Waals surface area (Å²) >= 11 is 0. The van der Waals surface area contributed by atoms with E-state index in [1.165, 1.54) is 17.8 Å². The highest BCUT2D eigenvalue weighted by atomic mass is 19.1. The van der Waals surface area contributed by atoms with Crippen LogP contribution >= 0.6 is 0 Å². The van der Waals surface area contributed by atoms with Crippen LogP contribution in [0.25, 0.3) is 16.7 Å². The summed E-state index contributed by atoms with van der Waals surface area (Å²) in [6, 6.07) is 14.5. The first-order chi connectivity index (χ1) is 15.2. The molecule has 2 aromatic carbocycles. The Labute approximate surface area is 178 Å². The second kappa shape index (κ2) is 6.87. The molecule has 6 heteroatoms. The topological polar surface area (TPSA) is 44.3 Å². The van der Waals surface area contributed by atoms with Gasteiger partial charge in [-0.1, -0.05) is 12.1 Å². The zero-order valence-electron chi connectivity index (χ0n) is 16.9. The van der Waals surface area contributed by atoms with Gasteiger partial charge in [0.1, 0.15) is 5.82 Å². The summed E-state index contributed by atoms with van der Waals surface area (Å²) in [5, 5.41) is 0. The zero-order chi connectivity index (χ0) is 20.9. The van der Waals surface area contributed by atoms with Gasteiger partial charge in [0.05, 0.1) is 16.7 Å². The van der Waals surface area contributed by atoms with Crippen molar-refractivity contribution in [1.29, 1.82) is 0 Å². The lowest BCUT2D eigenvalue weighted by Gasteiger charge is -2.37. The predicted molar refractivity (Wildman–Crippen MR) is 121 cm³/mol. The molecule has 0 atom stereocenters. The third-order valence-corrected chi connectivity index (χ3v) is 6.23. The van der Waals surface area contributed by atoms with Gasteiger partial charge in [-0.2, -0.15) is 0 Å². The molecule has 0 radical (unpaired) electrons. The number of nitrogens with zero attached hydrogens (tertiary/aromatic N) is 3. The average Bonchev–Trinajstić information content (AvgIpc) is 3.44. The van der Waals surface area contributed by atoms with Crippen LogP contribution in [0.3, 0.4) is 0 Å². The van der Waals surface area contributed by atoms with Crippen molar-refractivity contribution in [3.8, 4) is 0 Å². The maximum absolute atomic E-state index is 13.2. The summed E-state index contributed by atoms with van der Waals surface area (Å²) in [6.07, 6.45) is 8.56. The van der Waals surface area contributed by atoms with Crippen molar-refractivity contribution in [3.63, 3.8) is 0 Å². The van der Waals surface area contributed by atoms with Crippen LogP contribution in [0.5, 0.6) is 0 Å². The van der Waals surface area contributed by atoms with Crippen molar-refractivity contribution in [2.24, 2.45) is 0 Å². The van der Waals surface area contributed by atoms with E-state index in [1.807, 2.05) is 36.4 Å². The molecule has 1 saturated heterocycles. The quantitative estimate of drug-likeness (QED) is 0.710. The maximum atomic E-state index is 13.2. The number of hydrogen-bond donors (Lipinski definition) is 1. The molecule has 154 valence electrons. The van der Waals surface area contributed by atoms with Crippen molar-refractivity contribution in [2.45, 2.75) is 0 Å². The summed E-state index contributed by atoms with van der Waals surface area (Å²) in [5.74, 6) is -0.202.